The predicted molar refractivity (Wildman–Crippen MR) is 160 cm³/mol. The summed E-state index contributed by atoms with van der Waals surface area (Å²) in [6, 6.07) is 13.8. The van der Waals surface area contributed by atoms with Crippen LogP contribution in [-0.2, 0) is 6.42 Å². The van der Waals surface area contributed by atoms with Gasteiger partial charge in [0.2, 0.25) is 0 Å². The van der Waals surface area contributed by atoms with Crippen LogP contribution < -0.4 is 9.47 Å². The van der Waals surface area contributed by atoms with Crippen molar-refractivity contribution in [2.45, 2.75) is 103 Å². The molecule has 0 bridgehead atoms. The molecular formula is C34H45FN2O3. The van der Waals surface area contributed by atoms with Gasteiger partial charge in [0, 0.05) is 18.0 Å². The van der Waals surface area contributed by atoms with Gasteiger partial charge in [0.15, 0.2) is 5.82 Å². The molecule has 0 aliphatic rings. The van der Waals surface area contributed by atoms with E-state index in [2.05, 4.69) is 23.8 Å². The van der Waals surface area contributed by atoms with Crippen LogP contribution in [0.25, 0.3) is 11.4 Å². The lowest BCUT2D eigenvalue weighted by Gasteiger charge is -2.11. The molecular weight excluding hydrogens is 503 g/mol. The number of esters is 1. The van der Waals surface area contributed by atoms with Gasteiger partial charge in [-0.1, -0.05) is 90.2 Å². The largest absolute Gasteiger partial charge is 0.491 e. The third-order valence-corrected chi connectivity index (χ3v) is 6.99. The van der Waals surface area contributed by atoms with E-state index in [4.69, 9.17) is 9.47 Å². The molecule has 3 rings (SSSR count). The molecule has 2 aromatic carbocycles. The number of nitrogens with zero attached hydrogens (tertiary/aromatic N) is 2. The monoisotopic (exact) mass is 548 g/mol. The Morgan fingerprint density at radius 1 is 0.750 bits per heavy atom. The molecule has 216 valence electrons. The molecule has 5 nitrogen and oxygen atoms in total. The molecule has 0 radical (unpaired) electrons. The van der Waals surface area contributed by atoms with Crippen molar-refractivity contribution in [3.8, 4) is 22.9 Å². The molecule has 0 N–H and O–H groups in total. The summed E-state index contributed by atoms with van der Waals surface area (Å²) in [7, 11) is 0. The molecule has 6 heteroatoms. The Morgan fingerprint density at radius 3 is 1.98 bits per heavy atom. The van der Waals surface area contributed by atoms with E-state index in [0.29, 0.717) is 29.3 Å². The lowest BCUT2D eigenvalue weighted by molar-refractivity contribution is 0.0734. The molecule has 0 saturated heterocycles. The molecule has 0 fully saturated rings. The van der Waals surface area contributed by atoms with Crippen molar-refractivity contribution in [3.05, 3.63) is 72.1 Å². The zero-order valence-electron chi connectivity index (χ0n) is 24.2. The van der Waals surface area contributed by atoms with E-state index in [1.807, 2.05) is 24.5 Å². The van der Waals surface area contributed by atoms with E-state index in [1.165, 1.54) is 51.4 Å². The third-order valence-electron chi connectivity index (χ3n) is 6.99. The summed E-state index contributed by atoms with van der Waals surface area (Å²) in [6.45, 7) is 4.45. The number of hydrogen-bond acceptors (Lipinski definition) is 5. The number of carbonyl (C=O) groups excluding carboxylic acids is 1. The third kappa shape index (κ3) is 11.4. The van der Waals surface area contributed by atoms with Crippen molar-refractivity contribution in [1.29, 1.82) is 0 Å². The van der Waals surface area contributed by atoms with E-state index in [9.17, 15) is 9.18 Å². The van der Waals surface area contributed by atoms with Gasteiger partial charge in [-0.3, -0.25) is 0 Å². The molecule has 1 unspecified atom stereocenters. The molecule has 1 aromatic heterocycles. The highest BCUT2D eigenvalue weighted by Crippen LogP contribution is 2.21. The fourth-order valence-corrected chi connectivity index (χ4v) is 4.51. The van der Waals surface area contributed by atoms with Crippen LogP contribution in [0.5, 0.6) is 11.5 Å². The molecule has 0 spiro atoms. The Bertz CT molecular complexity index is 1100. The normalized spacial score (nSPS) is 11.8. The molecule has 40 heavy (non-hydrogen) atoms. The Morgan fingerprint density at radius 2 is 1.32 bits per heavy atom. The topological polar surface area (TPSA) is 61.3 Å². The average Bonchev–Trinajstić information content (AvgIpc) is 2.99. The molecule has 0 aliphatic carbocycles. The highest BCUT2D eigenvalue weighted by Gasteiger charge is 2.11. The Kier molecular flexibility index (Phi) is 14.2. The zero-order chi connectivity index (χ0) is 28.4. The summed E-state index contributed by atoms with van der Waals surface area (Å²) in [6.07, 6.45) is 17.4. The van der Waals surface area contributed by atoms with Crippen molar-refractivity contribution in [2.24, 2.45) is 0 Å². The number of benzene rings is 2. The van der Waals surface area contributed by atoms with Gasteiger partial charge in [-0.15, -0.1) is 0 Å². The Labute approximate surface area is 239 Å². The number of rotatable bonds is 19. The van der Waals surface area contributed by atoms with Crippen LogP contribution >= 0.6 is 0 Å². The minimum atomic E-state index is -0.977. The van der Waals surface area contributed by atoms with Gasteiger partial charge in [-0.2, -0.15) is 0 Å². The highest BCUT2D eigenvalue weighted by atomic mass is 19.1. The van der Waals surface area contributed by atoms with Gasteiger partial charge in [-0.25, -0.2) is 19.2 Å². The molecule has 0 amide bonds. The Hall–Kier alpha value is -3.28. The lowest BCUT2D eigenvalue weighted by atomic mass is 10.1. The predicted octanol–water partition coefficient (Wildman–Crippen LogP) is 9.34. The van der Waals surface area contributed by atoms with Gasteiger partial charge >= 0.3 is 5.97 Å². The van der Waals surface area contributed by atoms with Gasteiger partial charge in [0.05, 0.1) is 5.56 Å². The van der Waals surface area contributed by atoms with Crippen LogP contribution in [0.1, 0.15) is 107 Å². The van der Waals surface area contributed by atoms with E-state index < -0.39 is 12.1 Å². The first-order valence-corrected chi connectivity index (χ1v) is 15.1. The van der Waals surface area contributed by atoms with Crippen LogP contribution in [0, 0.1) is 0 Å². The lowest BCUT2D eigenvalue weighted by Crippen LogP contribution is -2.13. The summed E-state index contributed by atoms with van der Waals surface area (Å²) in [5, 5.41) is 0. The van der Waals surface area contributed by atoms with Gasteiger partial charge in [0.25, 0.3) is 0 Å². The van der Waals surface area contributed by atoms with Crippen molar-refractivity contribution >= 4 is 5.97 Å². The first-order chi connectivity index (χ1) is 19.6. The molecule has 0 aliphatic heterocycles. The van der Waals surface area contributed by atoms with E-state index in [0.717, 1.165) is 36.8 Å². The average molecular weight is 549 g/mol. The van der Waals surface area contributed by atoms with Crippen molar-refractivity contribution in [3.63, 3.8) is 0 Å². The second kappa shape index (κ2) is 18.1. The fourth-order valence-electron chi connectivity index (χ4n) is 4.51. The van der Waals surface area contributed by atoms with Crippen LogP contribution in [0.15, 0.2) is 60.9 Å². The van der Waals surface area contributed by atoms with Crippen LogP contribution in [0.3, 0.4) is 0 Å². The minimum Gasteiger partial charge on any atom is -0.491 e. The quantitative estimate of drug-likeness (QED) is 0.0848. The van der Waals surface area contributed by atoms with Crippen LogP contribution in [-0.4, -0.2) is 28.7 Å². The first-order valence-electron chi connectivity index (χ1n) is 15.1. The summed E-state index contributed by atoms with van der Waals surface area (Å²) in [5.41, 5.74) is 2.42. The van der Waals surface area contributed by atoms with E-state index in [1.54, 1.807) is 36.4 Å². The summed E-state index contributed by atoms with van der Waals surface area (Å²) in [4.78, 5) is 21.6. The summed E-state index contributed by atoms with van der Waals surface area (Å²) >= 11 is 0. The van der Waals surface area contributed by atoms with Crippen molar-refractivity contribution in [2.75, 3.05) is 6.61 Å². The van der Waals surface area contributed by atoms with E-state index in [-0.39, 0.29) is 6.61 Å². The maximum absolute atomic E-state index is 14.1. The van der Waals surface area contributed by atoms with Gasteiger partial charge in [-0.05, 0) is 61.2 Å². The summed E-state index contributed by atoms with van der Waals surface area (Å²) < 4.78 is 25.2. The van der Waals surface area contributed by atoms with Crippen molar-refractivity contribution in [1.82, 2.24) is 9.97 Å². The van der Waals surface area contributed by atoms with Crippen LogP contribution in [0.4, 0.5) is 4.39 Å². The molecule has 1 heterocycles. The summed E-state index contributed by atoms with van der Waals surface area (Å²) in [5.74, 6) is 1.13. The van der Waals surface area contributed by atoms with Gasteiger partial charge in [0.1, 0.15) is 24.3 Å². The number of aryl methyl sites for hydroxylation is 1. The number of carbonyl (C=O) groups is 1. The molecule has 3 aromatic rings. The minimum absolute atomic E-state index is 0.0337. The van der Waals surface area contributed by atoms with Crippen molar-refractivity contribution < 1.29 is 18.7 Å². The maximum atomic E-state index is 14.1. The molecule has 0 saturated carbocycles. The second-order valence-corrected chi connectivity index (χ2v) is 10.5. The molecule has 1 atom stereocenters. The SMILES string of the molecule is CCCCCCCCC(F)COc1ccc(OC(=O)c2ccc(-c3ncc(CCCCCCC)cn3)cc2)cc1. The number of aromatic nitrogens is 2. The number of hydrogen-bond donors (Lipinski definition) is 0. The van der Waals surface area contributed by atoms with E-state index >= 15 is 0 Å². The highest BCUT2D eigenvalue weighted by molar-refractivity contribution is 5.91. The van der Waals surface area contributed by atoms with Gasteiger partial charge < -0.3 is 9.47 Å². The smallest absolute Gasteiger partial charge is 0.343 e. The zero-order valence-corrected chi connectivity index (χ0v) is 24.2. The number of ether oxygens (including phenoxy) is 2. The first kappa shape index (κ1) is 31.3. The number of unbranched alkanes of at least 4 members (excludes halogenated alkanes) is 9. The second-order valence-electron chi connectivity index (χ2n) is 10.5. The number of halogens is 1. The Balaban J connectivity index is 1.40. The van der Waals surface area contributed by atoms with Crippen LogP contribution in [0.2, 0.25) is 0 Å². The number of alkyl halides is 1. The fraction of sp³-hybridized carbons (Fsp3) is 0.500. The standard InChI is InChI=1S/C34H45FN2O3/c1-3-5-7-9-11-13-15-30(35)26-39-31-20-22-32(23-21-31)40-34(38)29-18-16-28(17-19-29)33-36-24-27(25-37-33)14-12-10-8-6-4-2/h16-25,30H,3-15,26H2,1-2H3. The maximum Gasteiger partial charge on any atom is 0.343 e.